The molecule has 3 rings (SSSR count). The van der Waals surface area contributed by atoms with Gasteiger partial charge in [-0.05, 0) is 60.3 Å². The number of hydrogen-bond donors (Lipinski definition) is 2. The number of rotatable bonds is 4. The fraction of sp³-hybridized carbons (Fsp3) is 0. The van der Waals surface area contributed by atoms with Crippen molar-refractivity contribution in [2.24, 2.45) is 0 Å². The highest BCUT2D eigenvalue weighted by atomic mass is 32.2. The lowest BCUT2D eigenvalue weighted by Gasteiger charge is -2.07. The third-order valence-electron chi connectivity index (χ3n) is 2.76. The molecule has 0 aliphatic carbocycles. The number of nitrogens with one attached hydrogen (secondary N) is 1. The Labute approximate surface area is 135 Å². The van der Waals surface area contributed by atoms with Gasteiger partial charge in [0, 0.05) is 10.6 Å². The molecule has 0 radical (unpaired) electrons. The fourth-order valence-electron chi connectivity index (χ4n) is 1.74. The van der Waals surface area contributed by atoms with Gasteiger partial charge in [0.25, 0.3) is 0 Å². The molecule has 0 unspecified atom stereocenters. The molecule has 0 aliphatic rings. The van der Waals surface area contributed by atoms with Crippen molar-refractivity contribution in [3.05, 3.63) is 60.2 Å². The minimum absolute atomic E-state index is 0.0502. The van der Waals surface area contributed by atoms with Crippen LogP contribution in [0.5, 0.6) is 0 Å². The number of hydrogen-bond acceptors (Lipinski definition) is 6. The average molecular weight is 331 g/mol. The maximum absolute atomic E-state index is 12.9. The third-order valence-corrected chi connectivity index (χ3v) is 3.63. The molecular formula is C15H11F2N5S. The number of halogens is 2. The molecule has 3 N–H and O–H groups in total. The molecule has 0 saturated heterocycles. The van der Waals surface area contributed by atoms with Crippen LogP contribution >= 0.6 is 11.8 Å². The van der Waals surface area contributed by atoms with E-state index in [1.54, 1.807) is 24.3 Å². The van der Waals surface area contributed by atoms with E-state index in [1.807, 2.05) is 0 Å². The Morgan fingerprint density at radius 2 is 1.43 bits per heavy atom. The van der Waals surface area contributed by atoms with Gasteiger partial charge >= 0.3 is 0 Å². The van der Waals surface area contributed by atoms with Crippen molar-refractivity contribution in [3.63, 3.8) is 0 Å². The largest absolute Gasteiger partial charge is 0.368 e. The second-order valence-corrected chi connectivity index (χ2v) is 5.53. The molecule has 1 aromatic heterocycles. The summed E-state index contributed by atoms with van der Waals surface area (Å²) in [7, 11) is 0. The number of anilines is 3. The second kappa shape index (κ2) is 6.57. The van der Waals surface area contributed by atoms with E-state index in [1.165, 1.54) is 36.0 Å². The van der Waals surface area contributed by atoms with Gasteiger partial charge in [-0.3, -0.25) is 0 Å². The lowest BCUT2D eigenvalue weighted by atomic mass is 10.3. The van der Waals surface area contributed by atoms with Crippen LogP contribution in [0.4, 0.5) is 26.4 Å². The number of nitrogens with two attached hydrogens (primary N) is 1. The highest BCUT2D eigenvalue weighted by Gasteiger charge is 2.07. The molecule has 0 saturated carbocycles. The normalized spacial score (nSPS) is 10.5. The summed E-state index contributed by atoms with van der Waals surface area (Å²) in [6, 6.07) is 11.7. The number of aromatic nitrogens is 3. The van der Waals surface area contributed by atoms with Crippen molar-refractivity contribution in [1.82, 2.24) is 15.0 Å². The van der Waals surface area contributed by atoms with Gasteiger partial charge in [-0.15, -0.1) is 0 Å². The molecule has 0 fully saturated rings. The summed E-state index contributed by atoms with van der Waals surface area (Å²) in [6.45, 7) is 0. The Balaban J connectivity index is 1.81. The maximum atomic E-state index is 12.9. The summed E-state index contributed by atoms with van der Waals surface area (Å²) >= 11 is 1.23. The van der Waals surface area contributed by atoms with E-state index in [0.29, 0.717) is 10.8 Å². The summed E-state index contributed by atoms with van der Waals surface area (Å²) < 4.78 is 25.8. The lowest BCUT2D eigenvalue weighted by molar-refractivity contribution is 0.626. The topological polar surface area (TPSA) is 76.7 Å². The zero-order chi connectivity index (χ0) is 16.2. The molecule has 0 aliphatic heterocycles. The fourth-order valence-corrected chi connectivity index (χ4v) is 2.50. The predicted octanol–water partition coefficient (Wildman–Crippen LogP) is 3.63. The Morgan fingerprint density at radius 3 is 2.09 bits per heavy atom. The van der Waals surface area contributed by atoms with E-state index in [9.17, 15) is 8.78 Å². The smallest absolute Gasteiger partial charge is 0.233 e. The van der Waals surface area contributed by atoms with Crippen LogP contribution in [0.3, 0.4) is 0 Å². The van der Waals surface area contributed by atoms with Crippen LogP contribution in [0.15, 0.2) is 58.6 Å². The Morgan fingerprint density at radius 1 is 0.826 bits per heavy atom. The number of nitrogen functional groups attached to an aromatic ring is 1. The van der Waals surface area contributed by atoms with Crippen molar-refractivity contribution in [2.45, 2.75) is 10.1 Å². The van der Waals surface area contributed by atoms with Crippen molar-refractivity contribution >= 4 is 29.3 Å². The predicted molar refractivity (Wildman–Crippen MR) is 84.4 cm³/mol. The van der Waals surface area contributed by atoms with E-state index in [0.717, 1.165) is 4.90 Å². The summed E-state index contributed by atoms with van der Waals surface area (Å²) in [6.07, 6.45) is 0. The zero-order valence-electron chi connectivity index (χ0n) is 11.7. The summed E-state index contributed by atoms with van der Waals surface area (Å²) in [5.74, 6) is -0.357. The van der Waals surface area contributed by atoms with Gasteiger partial charge < -0.3 is 11.1 Å². The molecule has 5 nitrogen and oxygen atoms in total. The van der Waals surface area contributed by atoms with E-state index < -0.39 is 0 Å². The molecule has 0 spiro atoms. The Hall–Kier alpha value is -2.74. The van der Waals surface area contributed by atoms with Crippen molar-refractivity contribution in [2.75, 3.05) is 11.1 Å². The van der Waals surface area contributed by atoms with Crippen LogP contribution in [0.1, 0.15) is 0 Å². The van der Waals surface area contributed by atoms with E-state index in [4.69, 9.17) is 5.73 Å². The third kappa shape index (κ3) is 4.13. The minimum Gasteiger partial charge on any atom is -0.368 e. The average Bonchev–Trinajstić information content (AvgIpc) is 2.51. The molecular weight excluding hydrogens is 320 g/mol. The molecule has 23 heavy (non-hydrogen) atoms. The maximum Gasteiger partial charge on any atom is 0.233 e. The first kappa shape index (κ1) is 15.2. The van der Waals surface area contributed by atoms with E-state index >= 15 is 0 Å². The first-order valence-electron chi connectivity index (χ1n) is 6.56. The van der Waals surface area contributed by atoms with E-state index in [-0.39, 0.29) is 23.5 Å². The zero-order valence-corrected chi connectivity index (χ0v) is 12.5. The Bertz CT molecular complexity index is 743. The summed E-state index contributed by atoms with van der Waals surface area (Å²) in [5.41, 5.74) is 6.30. The quantitative estimate of drug-likeness (QED) is 0.760. The molecule has 0 amide bonds. The number of nitrogens with zero attached hydrogens (tertiary/aromatic N) is 3. The van der Waals surface area contributed by atoms with E-state index in [2.05, 4.69) is 20.3 Å². The van der Waals surface area contributed by atoms with Crippen LogP contribution in [-0.4, -0.2) is 15.0 Å². The van der Waals surface area contributed by atoms with Crippen LogP contribution in [0.2, 0.25) is 0 Å². The van der Waals surface area contributed by atoms with Crippen molar-refractivity contribution in [3.8, 4) is 0 Å². The highest BCUT2D eigenvalue weighted by Crippen LogP contribution is 2.26. The molecule has 116 valence electrons. The van der Waals surface area contributed by atoms with Crippen LogP contribution < -0.4 is 11.1 Å². The van der Waals surface area contributed by atoms with Crippen molar-refractivity contribution < 1.29 is 8.78 Å². The van der Waals surface area contributed by atoms with Crippen LogP contribution in [0, 0.1) is 11.6 Å². The molecule has 2 aromatic carbocycles. The number of benzene rings is 2. The van der Waals surface area contributed by atoms with Gasteiger partial charge in [-0.25, -0.2) is 8.78 Å². The Kier molecular flexibility index (Phi) is 4.33. The first-order chi connectivity index (χ1) is 11.1. The van der Waals surface area contributed by atoms with Gasteiger partial charge in [0.05, 0.1) is 0 Å². The molecule has 0 bridgehead atoms. The lowest BCUT2D eigenvalue weighted by Crippen LogP contribution is -2.04. The van der Waals surface area contributed by atoms with Gasteiger partial charge in [0.15, 0.2) is 5.16 Å². The molecule has 1 heterocycles. The molecule has 3 aromatic rings. The SMILES string of the molecule is Nc1nc(Nc2ccc(F)cc2)nc(Sc2ccc(F)cc2)n1. The second-order valence-electron chi connectivity index (χ2n) is 4.49. The van der Waals surface area contributed by atoms with Gasteiger partial charge in [-0.2, -0.15) is 15.0 Å². The summed E-state index contributed by atoms with van der Waals surface area (Å²) in [4.78, 5) is 13.0. The van der Waals surface area contributed by atoms with Crippen LogP contribution in [-0.2, 0) is 0 Å². The van der Waals surface area contributed by atoms with Gasteiger partial charge in [-0.1, -0.05) is 0 Å². The van der Waals surface area contributed by atoms with Crippen LogP contribution in [0.25, 0.3) is 0 Å². The summed E-state index contributed by atoms with van der Waals surface area (Å²) in [5, 5.41) is 3.29. The minimum atomic E-state index is -0.335. The standard InChI is InChI=1S/C15H11F2N5S/c16-9-1-5-11(6-2-9)19-14-20-13(18)21-15(22-14)23-12-7-3-10(17)4-8-12/h1-8H,(H3,18,19,20,21,22). The first-order valence-corrected chi connectivity index (χ1v) is 7.38. The monoisotopic (exact) mass is 331 g/mol. The van der Waals surface area contributed by atoms with Crippen molar-refractivity contribution in [1.29, 1.82) is 0 Å². The van der Waals surface area contributed by atoms with Gasteiger partial charge in [0.2, 0.25) is 11.9 Å². The van der Waals surface area contributed by atoms with Gasteiger partial charge in [0.1, 0.15) is 11.6 Å². The molecule has 8 heteroatoms. The molecule has 0 atom stereocenters. The highest BCUT2D eigenvalue weighted by molar-refractivity contribution is 7.99.